The monoisotopic (exact) mass is 265 g/mol. The number of carbonyl (C=O) groups excluding carboxylic acids is 1. The van der Waals surface area contributed by atoms with Gasteiger partial charge in [-0.3, -0.25) is 4.79 Å². The van der Waals surface area contributed by atoms with Crippen molar-refractivity contribution >= 4 is 27.6 Å². The summed E-state index contributed by atoms with van der Waals surface area (Å²) in [7, 11) is 0. The molecular weight excluding hydrogens is 248 g/mol. The van der Waals surface area contributed by atoms with Gasteiger partial charge in [-0.2, -0.15) is 4.57 Å². The lowest BCUT2D eigenvalue weighted by molar-refractivity contribution is -0.674. The molecule has 0 aliphatic carbocycles. The van der Waals surface area contributed by atoms with Gasteiger partial charge in [0.1, 0.15) is 0 Å². The van der Waals surface area contributed by atoms with E-state index in [1.165, 1.54) is 16.2 Å². The van der Waals surface area contributed by atoms with Gasteiger partial charge in [-0.25, -0.2) is 0 Å². The number of aromatic nitrogens is 1. The molecule has 0 aliphatic rings. The molecule has 2 aromatic carbocycles. The summed E-state index contributed by atoms with van der Waals surface area (Å²) in [6.45, 7) is 2.46. The Balaban J connectivity index is 2.26. The van der Waals surface area contributed by atoms with E-state index in [2.05, 4.69) is 35.0 Å². The van der Waals surface area contributed by atoms with Crippen LogP contribution in [0.2, 0.25) is 0 Å². The highest BCUT2D eigenvalue weighted by Crippen LogP contribution is 2.22. The van der Waals surface area contributed by atoms with E-state index in [-0.39, 0.29) is 11.8 Å². The van der Waals surface area contributed by atoms with E-state index in [4.69, 9.17) is 5.73 Å². The molecule has 0 spiro atoms. The maximum Gasteiger partial charge on any atom is 0.226 e. The summed E-state index contributed by atoms with van der Waals surface area (Å²) in [5.41, 5.74) is 6.51. The van der Waals surface area contributed by atoms with Crippen molar-refractivity contribution in [3.8, 4) is 0 Å². The third kappa shape index (κ3) is 2.11. The zero-order valence-corrected chi connectivity index (χ0v) is 11.4. The molecule has 0 saturated carbocycles. The van der Waals surface area contributed by atoms with Crippen LogP contribution in [0.3, 0.4) is 0 Å². The second-order valence-corrected chi connectivity index (χ2v) is 5.19. The van der Waals surface area contributed by atoms with E-state index in [0.29, 0.717) is 6.54 Å². The van der Waals surface area contributed by atoms with Crippen LogP contribution in [-0.4, -0.2) is 5.91 Å². The standard InChI is InChI=1S/C17H16N2O/c1-12(17(18)20)10-19-11-13-6-2-3-7-14(13)15-8-4-5-9-16(15)19/h2-9,11-12H,10H2,1H3,(H-,18,20)/p+1. The van der Waals surface area contributed by atoms with Gasteiger partial charge in [-0.15, -0.1) is 0 Å². The quantitative estimate of drug-likeness (QED) is 0.573. The number of hydrogen-bond donors (Lipinski definition) is 1. The smallest absolute Gasteiger partial charge is 0.226 e. The minimum absolute atomic E-state index is 0.190. The van der Waals surface area contributed by atoms with Gasteiger partial charge in [0.15, 0.2) is 12.7 Å². The maximum absolute atomic E-state index is 11.3. The van der Waals surface area contributed by atoms with Crippen LogP contribution >= 0.6 is 0 Å². The lowest BCUT2D eigenvalue weighted by atomic mass is 10.1. The fourth-order valence-electron chi connectivity index (χ4n) is 2.58. The van der Waals surface area contributed by atoms with Gasteiger partial charge in [0.2, 0.25) is 11.4 Å². The van der Waals surface area contributed by atoms with Crippen molar-refractivity contribution in [2.24, 2.45) is 11.7 Å². The molecule has 3 rings (SSSR count). The fourth-order valence-corrected chi connectivity index (χ4v) is 2.58. The number of primary amides is 1. The van der Waals surface area contributed by atoms with Gasteiger partial charge in [-0.05, 0) is 19.1 Å². The molecule has 20 heavy (non-hydrogen) atoms. The number of nitrogens with two attached hydrogens (primary N) is 1. The Bertz CT molecular complexity index is 795. The van der Waals surface area contributed by atoms with E-state index >= 15 is 0 Å². The summed E-state index contributed by atoms with van der Waals surface area (Å²) in [4.78, 5) is 11.3. The van der Waals surface area contributed by atoms with Crippen LogP contribution in [0.25, 0.3) is 21.7 Å². The molecular formula is C17H17N2O+. The van der Waals surface area contributed by atoms with Crippen molar-refractivity contribution in [3.63, 3.8) is 0 Å². The summed E-state index contributed by atoms with van der Waals surface area (Å²) in [6, 6.07) is 16.5. The second-order valence-electron chi connectivity index (χ2n) is 5.19. The Morgan fingerprint density at radius 3 is 2.50 bits per heavy atom. The van der Waals surface area contributed by atoms with Gasteiger partial charge < -0.3 is 5.73 Å². The van der Waals surface area contributed by atoms with Crippen molar-refractivity contribution in [3.05, 3.63) is 54.7 Å². The largest absolute Gasteiger partial charge is 0.369 e. The van der Waals surface area contributed by atoms with Gasteiger partial charge in [0.05, 0.1) is 11.3 Å². The summed E-state index contributed by atoms with van der Waals surface area (Å²) < 4.78 is 2.12. The van der Waals surface area contributed by atoms with E-state index in [1.807, 2.05) is 31.2 Å². The van der Waals surface area contributed by atoms with Crippen LogP contribution in [0.4, 0.5) is 0 Å². The molecule has 100 valence electrons. The van der Waals surface area contributed by atoms with Crippen molar-refractivity contribution in [2.75, 3.05) is 0 Å². The third-order valence-corrected chi connectivity index (χ3v) is 3.72. The first-order valence-corrected chi connectivity index (χ1v) is 6.76. The zero-order valence-electron chi connectivity index (χ0n) is 11.4. The minimum Gasteiger partial charge on any atom is -0.369 e. The zero-order chi connectivity index (χ0) is 14.1. The number of benzene rings is 2. The first kappa shape index (κ1) is 12.6. The number of pyridine rings is 1. The Morgan fingerprint density at radius 2 is 1.75 bits per heavy atom. The Morgan fingerprint density at radius 1 is 1.10 bits per heavy atom. The molecule has 1 unspecified atom stereocenters. The predicted molar refractivity (Wildman–Crippen MR) is 80.0 cm³/mol. The number of carbonyl (C=O) groups is 1. The highest BCUT2D eigenvalue weighted by atomic mass is 16.1. The first-order chi connectivity index (χ1) is 9.66. The molecule has 0 fully saturated rings. The molecule has 0 aliphatic heterocycles. The van der Waals surface area contributed by atoms with Gasteiger partial charge in [0.25, 0.3) is 0 Å². The van der Waals surface area contributed by atoms with Crippen LogP contribution < -0.4 is 10.3 Å². The average Bonchev–Trinajstić information content (AvgIpc) is 2.47. The highest BCUT2D eigenvalue weighted by Gasteiger charge is 2.18. The van der Waals surface area contributed by atoms with Crippen LogP contribution in [-0.2, 0) is 11.3 Å². The SMILES string of the molecule is CC(C[n+]1cc2ccccc2c2ccccc21)C(N)=O. The van der Waals surface area contributed by atoms with E-state index < -0.39 is 0 Å². The maximum atomic E-state index is 11.3. The molecule has 2 N–H and O–H groups in total. The van der Waals surface area contributed by atoms with Crippen LogP contribution in [0, 0.1) is 5.92 Å². The van der Waals surface area contributed by atoms with Crippen molar-refractivity contribution in [1.82, 2.24) is 0 Å². The number of fused-ring (bicyclic) bond motifs is 3. The molecule has 3 nitrogen and oxygen atoms in total. The fraction of sp³-hybridized carbons (Fsp3) is 0.176. The summed E-state index contributed by atoms with van der Waals surface area (Å²) in [5, 5.41) is 3.59. The van der Waals surface area contributed by atoms with Crippen LogP contribution in [0.15, 0.2) is 54.7 Å². The number of amides is 1. The number of nitrogens with zero attached hydrogens (tertiary/aromatic N) is 1. The van der Waals surface area contributed by atoms with Crippen LogP contribution in [0.1, 0.15) is 6.92 Å². The predicted octanol–water partition coefficient (Wildman–Crippen LogP) is 2.40. The molecule has 1 atom stereocenters. The molecule has 0 radical (unpaired) electrons. The topological polar surface area (TPSA) is 47.0 Å². The number of para-hydroxylation sites is 1. The molecule has 0 saturated heterocycles. The lowest BCUT2D eigenvalue weighted by Gasteiger charge is -2.08. The van der Waals surface area contributed by atoms with E-state index in [1.54, 1.807) is 0 Å². The minimum atomic E-state index is -0.269. The van der Waals surface area contributed by atoms with Crippen molar-refractivity contribution < 1.29 is 9.36 Å². The molecule has 1 aromatic heterocycles. The third-order valence-electron chi connectivity index (χ3n) is 3.72. The van der Waals surface area contributed by atoms with Crippen LogP contribution in [0.5, 0.6) is 0 Å². The number of hydrogen-bond acceptors (Lipinski definition) is 1. The summed E-state index contributed by atoms with van der Waals surface area (Å²) >= 11 is 0. The molecule has 0 bridgehead atoms. The van der Waals surface area contributed by atoms with Gasteiger partial charge in [-0.1, -0.05) is 30.3 Å². The molecule has 3 aromatic rings. The summed E-state index contributed by atoms with van der Waals surface area (Å²) in [6.07, 6.45) is 2.09. The van der Waals surface area contributed by atoms with Gasteiger partial charge >= 0.3 is 0 Å². The lowest BCUT2D eigenvalue weighted by Crippen LogP contribution is -2.41. The van der Waals surface area contributed by atoms with E-state index in [0.717, 1.165) is 5.52 Å². The molecule has 1 heterocycles. The Labute approximate surface area is 117 Å². The van der Waals surface area contributed by atoms with Gasteiger partial charge in [0, 0.05) is 16.8 Å². The van der Waals surface area contributed by atoms with E-state index in [9.17, 15) is 4.79 Å². The molecule has 1 amide bonds. The first-order valence-electron chi connectivity index (χ1n) is 6.76. The number of rotatable bonds is 3. The summed E-state index contributed by atoms with van der Waals surface area (Å²) in [5.74, 6) is -0.459. The average molecular weight is 265 g/mol. The normalized spacial score (nSPS) is 12.7. The molecule has 3 heteroatoms. The van der Waals surface area contributed by atoms with Crippen molar-refractivity contribution in [2.45, 2.75) is 13.5 Å². The Hall–Kier alpha value is -2.42. The Kier molecular flexibility index (Phi) is 3.11. The highest BCUT2D eigenvalue weighted by molar-refractivity contribution is 6.03. The second kappa shape index (κ2) is 4.93. The van der Waals surface area contributed by atoms with Crippen molar-refractivity contribution in [1.29, 1.82) is 0 Å².